The second kappa shape index (κ2) is 4.66. The van der Waals surface area contributed by atoms with E-state index >= 15 is 0 Å². The summed E-state index contributed by atoms with van der Waals surface area (Å²) in [6, 6.07) is 3.68. The largest absolute Gasteiger partial charge is 0.352 e. The van der Waals surface area contributed by atoms with Gasteiger partial charge in [0.2, 0.25) is 0 Å². The average Bonchev–Trinajstić information content (AvgIpc) is 3.10. The Balaban J connectivity index is 1.81. The first-order chi connectivity index (χ1) is 9.24. The molecule has 1 N–H and O–H groups in total. The monoisotopic (exact) mass is 271 g/mol. The van der Waals surface area contributed by atoms with Crippen molar-refractivity contribution in [3.8, 4) is 17.5 Å². The van der Waals surface area contributed by atoms with E-state index in [-0.39, 0.29) is 0 Å². The molecule has 3 aromatic heterocycles. The predicted molar refractivity (Wildman–Crippen MR) is 68.5 cm³/mol. The van der Waals surface area contributed by atoms with Gasteiger partial charge in [0.15, 0.2) is 5.82 Å². The van der Waals surface area contributed by atoms with E-state index in [0.717, 1.165) is 10.7 Å². The fourth-order valence-corrected chi connectivity index (χ4v) is 2.41. The standard InChI is InChI=1S/C12H9N5OS/c1-7-6-19-11(15-7)3-10-16-12(18-17-10)8-2-9(4-13)14-5-8/h2,5-6,14H,3H2,1H3. The summed E-state index contributed by atoms with van der Waals surface area (Å²) in [5, 5.41) is 15.6. The van der Waals surface area contributed by atoms with Gasteiger partial charge in [0.05, 0.1) is 12.0 Å². The van der Waals surface area contributed by atoms with Gasteiger partial charge in [-0.2, -0.15) is 10.2 Å². The number of hydrogen-bond donors (Lipinski definition) is 1. The molecule has 3 aromatic rings. The molecular weight excluding hydrogens is 262 g/mol. The van der Waals surface area contributed by atoms with E-state index in [2.05, 4.69) is 20.1 Å². The highest BCUT2D eigenvalue weighted by atomic mass is 32.1. The molecule has 0 bridgehead atoms. The first-order valence-corrected chi connectivity index (χ1v) is 6.45. The topological polar surface area (TPSA) is 91.4 Å². The SMILES string of the molecule is Cc1csc(Cc2noc(-c3c[nH]c(C#N)c3)n2)n1. The lowest BCUT2D eigenvalue weighted by atomic mass is 10.3. The van der Waals surface area contributed by atoms with Crippen LogP contribution in [0.3, 0.4) is 0 Å². The molecule has 0 saturated heterocycles. The minimum Gasteiger partial charge on any atom is -0.352 e. The molecule has 0 unspecified atom stereocenters. The van der Waals surface area contributed by atoms with Gasteiger partial charge in [0, 0.05) is 17.3 Å². The van der Waals surface area contributed by atoms with Gasteiger partial charge in [0.1, 0.15) is 16.8 Å². The molecule has 94 valence electrons. The van der Waals surface area contributed by atoms with Gasteiger partial charge in [0.25, 0.3) is 5.89 Å². The number of rotatable bonds is 3. The summed E-state index contributed by atoms with van der Waals surface area (Å²) < 4.78 is 5.17. The quantitative estimate of drug-likeness (QED) is 0.789. The number of H-pyrrole nitrogens is 1. The number of aryl methyl sites for hydroxylation is 1. The maximum absolute atomic E-state index is 8.75. The van der Waals surface area contributed by atoms with E-state index in [0.29, 0.717) is 29.4 Å². The van der Waals surface area contributed by atoms with E-state index < -0.39 is 0 Å². The second-order valence-electron chi connectivity index (χ2n) is 3.99. The number of thiazole rings is 1. The fourth-order valence-electron chi connectivity index (χ4n) is 1.64. The molecule has 0 atom stereocenters. The van der Waals surface area contributed by atoms with Gasteiger partial charge in [-0.1, -0.05) is 5.16 Å². The summed E-state index contributed by atoms with van der Waals surface area (Å²) in [6.45, 7) is 1.95. The Hall–Kier alpha value is -2.46. The van der Waals surface area contributed by atoms with Crippen LogP contribution in [0.1, 0.15) is 22.2 Å². The fraction of sp³-hybridized carbons (Fsp3) is 0.167. The van der Waals surface area contributed by atoms with Crippen molar-refractivity contribution in [1.82, 2.24) is 20.1 Å². The highest BCUT2D eigenvalue weighted by Gasteiger charge is 2.12. The predicted octanol–water partition coefficient (Wildman–Crippen LogP) is 2.29. The van der Waals surface area contributed by atoms with Gasteiger partial charge in [-0.3, -0.25) is 0 Å². The molecule has 0 saturated carbocycles. The van der Waals surface area contributed by atoms with Crippen LogP contribution in [0.4, 0.5) is 0 Å². The van der Waals surface area contributed by atoms with Crippen LogP contribution in [-0.2, 0) is 6.42 Å². The number of hydrogen-bond acceptors (Lipinski definition) is 6. The normalized spacial score (nSPS) is 10.5. The van der Waals surface area contributed by atoms with Gasteiger partial charge in [-0.25, -0.2) is 4.98 Å². The Morgan fingerprint density at radius 2 is 2.37 bits per heavy atom. The van der Waals surface area contributed by atoms with Crippen LogP contribution < -0.4 is 0 Å². The number of nitriles is 1. The van der Waals surface area contributed by atoms with E-state index in [9.17, 15) is 0 Å². The maximum Gasteiger partial charge on any atom is 0.259 e. The Labute approximate surface area is 112 Å². The van der Waals surface area contributed by atoms with Gasteiger partial charge < -0.3 is 9.51 Å². The molecule has 0 aliphatic rings. The smallest absolute Gasteiger partial charge is 0.259 e. The van der Waals surface area contributed by atoms with Gasteiger partial charge in [-0.15, -0.1) is 11.3 Å². The maximum atomic E-state index is 8.75. The molecule has 3 rings (SSSR count). The van der Waals surface area contributed by atoms with Crippen LogP contribution in [0, 0.1) is 18.3 Å². The van der Waals surface area contributed by atoms with Crippen LogP contribution >= 0.6 is 11.3 Å². The van der Waals surface area contributed by atoms with Crippen molar-refractivity contribution in [3.05, 3.63) is 39.9 Å². The van der Waals surface area contributed by atoms with Crippen molar-refractivity contribution in [1.29, 1.82) is 5.26 Å². The van der Waals surface area contributed by atoms with Gasteiger partial charge >= 0.3 is 0 Å². The van der Waals surface area contributed by atoms with E-state index in [1.807, 2.05) is 18.4 Å². The summed E-state index contributed by atoms with van der Waals surface area (Å²) in [5.41, 5.74) is 2.17. The Morgan fingerprint density at radius 3 is 3.05 bits per heavy atom. The number of aromatic amines is 1. The first-order valence-electron chi connectivity index (χ1n) is 5.57. The van der Waals surface area contributed by atoms with E-state index in [4.69, 9.17) is 9.78 Å². The van der Waals surface area contributed by atoms with Gasteiger partial charge in [-0.05, 0) is 13.0 Å². The van der Waals surface area contributed by atoms with Crippen molar-refractivity contribution < 1.29 is 4.52 Å². The molecule has 0 fully saturated rings. The number of aromatic nitrogens is 4. The molecule has 0 radical (unpaired) electrons. The third kappa shape index (κ3) is 2.39. The average molecular weight is 271 g/mol. The van der Waals surface area contributed by atoms with E-state index in [1.165, 1.54) is 0 Å². The van der Waals surface area contributed by atoms with Crippen molar-refractivity contribution in [2.45, 2.75) is 13.3 Å². The first kappa shape index (κ1) is 11.6. The summed E-state index contributed by atoms with van der Waals surface area (Å²) in [5.74, 6) is 0.991. The summed E-state index contributed by atoms with van der Waals surface area (Å²) >= 11 is 1.58. The molecule has 0 amide bonds. The van der Waals surface area contributed by atoms with E-state index in [1.54, 1.807) is 23.6 Å². The third-order valence-electron chi connectivity index (χ3n) is 2.49. The zero-order valence-corrected chi connectivity index (χ0v) is 10.9. The highest BCUT2D eigenvalue weighted by Crippen LogP contribution is 2.19. The minimum atomic E-state index is 0.404. The molecule has 0 aliphatic carbocycles. The zero-order valence-electron chi connectivity index (χ0n) is 10.0. The van der Waals surface area contributed by atoms with Crippen LogP contribution in [-0.4, -0.2) is 20.1 Å². The molecule has 6 nitrogen and oxygen atoms in total. The molecule has 0 spiro atoms. The summed E-state index contributed by atoms with van der Waals surface area (Å²) in [6.07, 6.45) is 2.22. The summed E-state index contributed by atoms with van der Waals surface area (Å²) in [7, 11) is 0. The Bertz CT molecular complexity index is 748. The molecule has 19 heavy (non-hydrogen) atoms. The number of nitrogens with one attached hydrogen (secondary N) is 1. The Morgan fingerprint density at radius 1 is 1.47 bits per heavy atom. The zero-order chi connectivity index (χ0) is 13.2. The lowest BCUT2D eigenvalue weighted by Gasteiger charge is -1.87. The molecular formula is C12H9N5OS. The third-order valence-corrected chi connectivity index (χ3v) is 3.46. The van der Waals surface area contributed by atoms with Crippen molar-refractivity contribution in [2.24, 2.45) is 0 Å². The Kier molecular flexibility index (Phi) is 2.85. The van der Waals surface area contributed by atoms with Crippen LogP contribution in [0.15, 0.2) is 22.2 Å². The lowest BCUT2D eigenvalue weighted by Crippen LogP contribution is -1.90. The second-order valence-corrected chi connectivity index (χ2v) is 4.93. The van der Waals surface area contributed by atoms with Crippen LogP contribution in [0.2, 0.25) is 0 Å². The molecule has 3 heterocycles. The minimum absolute atomic E-state index is 0.404. The highest BCUT2D eigenvalue weighted by molar-refractivity contribution is 7.09. The molecule has 0 aliphatic heterocycles. The van der Waals surface area contributed by atoms with Crippen molar-refractivity contribution in [3.63, 3.8) is 0 Å². The van der Waals surface area contributed by atoms with Crippen LogP contribution in [0.25, 0.3) is 11.5 Å². The summed E-state index contributed by atoms with van der Waals surface area (Å²) in [4.78, 5) is 11.5. The number of nitrogens with zero attached hydrogens (tertiary/aromatic N) is 4. The van der Waals surface area contributed by atoms with Crippen molar-refractivity contribution >= 4 is 11.3 Å². The van der Waals surface area contributed by atoms with Crippen molar-refractivity contribution in [2.75, 3.05) is 0 Å². The van der Waals surface area contributed by atoms with Crippen LogP contribution in [0.5, 0.6) is 0 Å². The molecule has 0 aromatic carbocycles. The molecule has 7 heteroatoms. The lowest BCUT2D eigenvalue weighted by molar-refractivity contribution is 0.424.